The Morgan fingerprint density at radius 2 is 1.84 bits per heavy atom. The van der Waals surface area contributed by atoms with E-state index in [1.807, 2.05) is 32.3 Å². The molecule has 0 atom stereocenters. The average molecular weight is 503 g/mol. The molecular formula is C22H21N11O4. The van der Waals surface area contributed by atoms with Gasteiger partial charge < -0.3 is 5.32 Å². The number of nitro benzene ring substituents is 1. The van der Waals surface area contributed by atoms with Crippen LogP contribution < -0.4 is 16.7 Å². The van der Waals surface area contributed by atoms with Gasteiger partial charge in [-0.3, -0.25) is 19.4 Å². The van der Waals surface area contributed by atoms with Crippen LogP contribution in [0.3, 0.4) is 0 Å². The van der Waals surface area contributed by atoms with Gasteiger partial charge in [-0.05, 0) is 41.1 Å². The Hall–Kier alpha value is -5.21. The molecule has 15 nitrogen and oxygen atoms in total. The second-order valence-corrected chi connectivity index (χ2v) is 8.21. The van der Waals surface area contributed by atoms with Crippen LogP contribution in [0.4, 0.5) is 17.3 Å². The molecule has 15 heteroatoms. The Balaban J connectivity index is 1.58. The predicted molar refractivity (Wildman–Crippen MR) is 132 cm³/mol. The standard InChI is InChI=1S/C22H21N11O4/c1-3-32-19(25-27-28-32)13-31-21(34)24-20(23-16-6-9-18-15(10-16)12-29(2)26-18)30(22(31)35)11-14-4-7-17(8-5-14)33(36)37/h4-10,12H,3,11,13H2,1-2H3,(H,23,24,34). The van der Waals surface area contributed by atoms with Crippen LogP contribution >= 0.6 is 0 Å². The Bertz CT molecular complexity index is 1730. The molecule has 1 N–H and O–H groups in total. The number of anilines is 2. The number of aryl methyl sites for hydroxylation is 2. The number of aromatic nitrogens is 9. The number of nitro groups is 1. The normalized spacial score (nSPS) is 11.2. The van der Waals surface area contributed by atoms with Crippen molar-refractivity contribution in [3.8, 4) is 0 Å². The number of nitrogens with zero attached hydrogens (tertiary/aromatic N) is 10. The molecule has 0 aliphatic rings. The monoisotopic (exact) mass is 503 g/mol. The van der Waals surface area contributed by atoms with Crippen molar-refractivity contribution in [3.05, 3.63) is 91.1 Å². The van der Waals surface area contributed by atoms with Crippen molar-refractivity contribution in [2.24, 2.45) is 7.05 Å². The van der Waals surface area contributed by atoms with Gasteiger partial charge in [-0.1, -0.05) is 12.1 Å². The third kappa shape index (κ3) is 4.69. The number of tetrazole rings is 1. The fourth-order valence-corrected chi connectivity index (χ4v) is 3.89. The van der Waals surface area contributed by atoms with Crippen LogP contribution in [0.15, 0.2) is 58.3 Å². The minimum absolute atomic E-state index is 0.000294. The zero-order valence-electron chi connectivity index (χ0n) is 19.8. The molecule has 0 aliphatic heterocycles. The average Bonchev–Trinajstić information content (AvgIpc) is 3.49. The molecule has 0 unspecified atom stereocenters. The summed E-state index contributed by atoms with van der Waals surface area (Å²) in [5.74, 6) is 0.344. The van der Waals surface area contributed by atoms with Crippen molar-refractivity contribution >= 4 is 28.2 Å². The lowest BCUT2D eigenvalue weighted by Gasteiger charge is -2.15. The lowest BCUT2D eigenvalue weighted by molar-refractivity contribution is -0.384. The van der Waals surface area contributed by atoms with E-state index >= 15 is 0 Å². The van der Waals surface area contributed by atoms with Crippen molar-refractivity contribution in [2.45, 2.75) is 26.6 Å². The van der Waals surface area contributed by atoms with Crippen LogP contribution in [0.25, 0.3) is 10.9 Å². The van der Waals surface area contributed by atoms with Crippen LogP contribution in [0.2, 0.25) is 0 Å². The van der Waals surface area contributed by atoms with E-state index in [1.165, 1.54) is 21.4 Å². The van der Waals surface area contributed by atoms with Gasteiger partial charge in [0.2, 0.25) is 5.95 Å². The van der Waals surface area contributed by atoms with E-state index in [9.17, 15) is 19.7 Å². The van der Waals surface area contributed by atoms with Crippen LogP contribution in [-0.4, -0.2) is 49.0 Å². The van der Waals surface area contributed by atoms with Gasteiger partial charge in [0.15, 0.2) is 5.82 Å². The predicted octanol–water partition coefficient (Wildman–Crippen LogP) is 1.05. The third-order valence-electron chi connectivity index (χ3n) is 5.72. The molecule has 5 aromatic rings. The largest absolute Gasteiger partial charge is 0.355 e. The summed E-state index contributed by atoms with van der Waals surface area (Å²) in [5.41, 5.74) is 0.484. The molecule has 0 aliphatic carbocycles. The summed E-state index contributed by atoms with van der Waals surface area (Å²) in [7, 11) is 1.81. The molecule has 0 saturated carbocycles. The molecule has 0 saturated heterocycles. The maximum Gasteiger partial charge on any atom is 0.355 e. The maximum absolute atomic E-state index is 13.6. The molecule has 0 spiro atoms. The first-order chi connectivity index (χ1) is 17.8. The van der Waals surface area contributed by atoms with Crippen LogP contribution in [-0.2, 0) is 26.7 Å². The highest BCUT2D eigenvalue weighted by Gasteiger charge is 2.17. The Labute approximate surface area is 207 Å². The number of rotatable bonds is 8. The molecule has 3 heterocycles. The SMILES string of the molecule is CCn1nnnc1Cn1c(=O)nc(Nc2ccc3nn(C)cc3c2)n(Cc2ccc([N+](=O)[O-])cc2)c1=O. The second-order valence-electron chi connectivity index (χ2n) is 8.21. The van der Waals surface area contributed by atoms with E-state index in [0.717, 1.165) is 15.5 Å². The number of benzene rings is 2. The highest BCUT2D eigenvalue weighted by Crippen LogP contribution is 2.21. The van der Waals surface area contributed by atoms with E-state index < -0.39 is 16.3 Å². The highest BCUT2D eigenvalue weighted by molar-refractivity contribution is 5.82. The third-order valence-corrected chi connectivity index (χ3v) is 5.72. The maximum atomic E-state index is 13.6. The van der Waals surface area contributed by atoms with Crippen molar-refractivity contribution < 1.29 is 4.92 Å². The molecule has 5 rings (SSSR count). The number of hydrogen-bond donors (Lipinski definition) is 1. The molecule has 188 valence electrons. The van der Waals surface area contributed by atoms with Gasteiger partial charge in [0.25, 0.3) is 5.69 Å². The topological polar surface area (TPSA) is 173 Å². The smallest absolute Gasteiger partial charge is 0.325 e. The van der Waals surface area contributed by atoms with E-state index in [-0.39, 0.29) is 24.7 Å². The zero-order valence-corrected chi connectivity index (χ0v) is 19.8. The van der Waals surface area contributed by atoms with Crippen molar-refractivity contribution in [2.75, 3.05) is 5.32 Å². The number of nitrogens with one attached hydrogen (secondary N) is 1. The van der Waals surface area contributed by atoms with Crippen molar-refractivity contribution in [1.29, 1.82) is 0 Å². The summed E-state index contributed by atoms with van der Waals surface area (Å²) in [5, 5.41) is 30.6. The summed E-state index contributed by atoms with van der Waals surface area (Å²) in [6.07, 6.45) is 1.84. The first-order valence-corrected chi connectivity index (χ1v) is 11.2. The summed E-state index contributed by atoms with van der Waals surface area (Å²) in [6.45, 7) is 2.12. The lowest BCUT2D eigenvalue weighted by atomic mass is 10.2. The minimum Gasteiger partial charge on any atom is -0.325 e. The lowest BCUT2D eigenvalue weighted by Crippen LogP contribution is -2.43. The summed E-state index contributed by atoms with van der Waals surface area (Å²) in [6, 6.07) is 11.2. The molecule has 0 radical (unpaired) electrons. The Morgan fingerprint density at radius 3 is 2.57 bits per heavy atom. The van der Waals surface area contributed by atoms with Gasteiger partial charge in [-0.25, -0.2) is 18.8 Å². The first-order valence-electron chi connectivity index (χ1n) is 11.2. The van der Waals surface area contributed by atoms with Crippen molar-refractivity contribution in [3.63, 3.8) is 0 Å². The highest BCUT2D eigenvalue weighted by atomic mass is 16.6. The van der Waals surface area contributed by atoms with Gasteiger partial charge in [0, 0.05) is 43.0 Å². The molecule has 37 heavy (non-hydrogen) atoms. The van der Waals surface area contributed by atoms with E-state index in [4.69, 9.17) is 0 Å². The van der Waals surface area contributed by atoms with E-state index in [1.54, 1.807) is 22.9 Å². The van der Waals surface area contributed by atoms with Gasteiger partial charge >= 0.3 is 11.4 Å². The Morgan fingerprint density at radius 1 is 1.05 bits per heavy atom. The van der Waals surface area contributed by atoms with Crippen LogP contribution in [0.5, 0.6) is 0 Å². The molecular weight excluding hydrogens is 482 g/mol. The number of fused-ring (bicyclic) bond motifs is 1. The first kappa shape index (κ1) is 23.5. The quantitative estimate of drug-likeness (QED) is 0.238. The van der Waals surface area contributed by atoms with E-state index in [0.29, 0.717) is 23.6 Å². The number of hydrogen-bond acceptors (Lipinski definition) is 10. The summed E-state index contributed by atoms with van der Waals surface area (Å²) < 4.78 is 5.39. The molecule has 0 amide bonds. The van der Waals surface area contributed by atoms with Gasteiger partial charge in [0.05, 0.1) is 23.5 Å². The fraction of sp³-hybridized carbons (Fsp3) is 0.227. The van der Waals surface area contributed by atoms with Crippen molar-refractivity contribution in [1.82, 2.24) is 44.1 Å². The summed E-state index contributed by atoms with van der Waals surface area (Å²) >= 11 is 0. The number of non-ortho nitro benzene ring substituents is 1. The molecule has 3 aromatic heterocycles. The minimum atomic E-state index is -0.777. The molecule has 0 fully saturated rings. The van der Waals surface area contributed by atoms with Gasteiger partial charge in [-0.2, -0.15) is 10.1 Å². The second kappa shape index (κ2) is 9.44. The molecule has 0 bridgehead atoms. The fourth-order valence-electron chi connectivity index (χ4n) is 3.89. The van der Waals surface area contributed by atoms with Crippen LogP contribution in [0.1, 0.15) is 18.3 Å². The zero-order chi connectivity index (χ0) is 26.1. The Kier molecular flexibility index (Phi) is 6.01. The van der Waals surface area contributed by atoms with Crippen LogP contribution in [0, 0.1) is 10.1 Å². The summed E-state index contributed by atoms with van der Waals surface area (Å²) in [4.78, 5) is 41.2. The van der Waals surface area contributed by atoms with E-state index in [2.05, 4.69) is 30.9 Å². The molecule has 2 aromatic carbocycles. The van der Waals surface area contributed by atoms with Gasteiger partial charge in [0.1, 0.15) is 0 Å². The van der Waals surface area contributed by atoms with Gasteiger partial charge in [-0.15, -0.1) is 5.10 Å².